The number of aryl methyl sites for hydroxylation is 1. The van der Waals surface area contributed by atoms with Crippen molar-refractivity contribution < 1.29 is 19.0 Å². The summed E-state index contributed by atoms with van der Waals surface area (Å²) in [7, 11) is 0. The van der Waals surface area contributed by atoms with Gasteiger partial charge in [0.15, 0.2) is 11.5 Å². The number of rotatable bonds is 3. The lowest BCUT2D eigenvalue weighted by Gasteiger charge is -2.11. The van der Waals surface area contributed by atoms with Gasteiger partial charge in [-0.15, -0.1) is 0 Å². The SMILES string of the molecule is Cc1ccc(F)cc1NCc1cc2c(cc1O)OCO2. The number of halogens is 1. The van der Waals surface area contributed by atoms with E-state index in [-0.39, 0.29) is 18.4 Å². The predicted molar refractivity (Wildman–Crippen MR) is 72.7 cm³/mol. The molecule has 1 heterocycles. The van der Waals surface area contributed by atoms with Gasteiger partial charge in [-0.2, -0.15) is 0 Å². The zero-order valence-corrected chi connectivity index (χ0v) is 10.9. The van der Waals surface area contributed by atoms with Gasteiger partial charge >= 0.3 is 0 Å². The third-order valence-corrected chi connectivity index (χ3v) is 3.24. The number of phenolic OH excluding ortho intramolecular Hbond substituents is 1. The molecule has 0 radical (unpaired) electrons. The second-order valence-corrected chi connectivity index (χ2v) is 4.65. The molecule has 20 heavy (non-hydrogen) atoms. The molecule has 1 aliphatic heterocycles. The van der Waals surface area contributed by atoms with Gasteiger partial charge in [-0.05, 0) is 30.7 Å². The molecule has 0 spiro atoms. The maximum atomic E-state index is 13.2. The number of ether oxygens (including phenoxy) is 2. The largest absolute Gasteiger partial charge is 0.507 e. The first-order valence-corrected chi connectivity index (χ1v) is 6.25. The van der Waals surface area contributed by atoms with Gasteiger partial charge in [0.25, 0.3) is 0 Å². The molecular weight excluding hydrogens is 261 g/mol. The van der Waals surface area contributed by atoms with Crippen molar-refractivity contribution in [3.05, 3.63) is 47.3 Å². The molecule has 2 N–H and O–H groups in total. The van der Waals surface area contributed by atoms with Gasteiger partial charge in [0.2, 0.25) is 6.79 Å². The number of phenols is 1. The normalized spacial score (nSPS) is 12.5. The number of nitrogens with one attached hydrogen (secondary N) is 1. The third-order valence-electron chi connectivity index (χ3n) is 3.24. The Bertz CT molecular complexity index is 658. The van der Waals surface area contributed by atoms with Crippen LogP contribution in [0.25, 0.3) is 0 Å². The molecule has 0 saturated heterocycles. The Balaban J connectivity index is 1.80. The van der Waals surface area contributed by atoms with E-state index in [0.29, 0.717) is 29.3 Å². The third kappa shape index (κ3) is 2.34. The number of anilines is 1. The Labute approximate surface area is 115 Å². The van der Waals surface area contributed by atoms with Crippen LogP contribution in [-0.4, -0.2) is 11.9 Å². The molecule has 1 aliphatic rings. The van der Waals surface area contributed by atoms with Crippen molar-refractivity contribution in [3.8, 4) is 17.2 Å². The highest BCUT2D eigenvalue weighted by molar-refractivity contribution is 5.55. The molecule has 0 fully saturated rings. The first kappa shape index (κ1) is 12.6. The van der Waals surface area contributed by atoms with E-state index in [4.69, 9.17) is 9.47 Å². The van der Waals surface area contributed by atoms with E-state index in [1.807, 2.05) is 6.92 Å². The van der Waals surface area contributed by atoms with Crippen molar-refractivity contribution in [2.45, 2.75) is 13.5 Å². The van der Waals surface area contributed by atoms with E-state index >= 15 is 0 Å². The summed E-state index contributed by atoms with van der Waals surface area (Å²) >= 11 is 0. The zero-order valence-electron chi connectivity index (χ0n) is 10.9. The lowest BCUT2D eigenvalue weighted by Crippen LogP contribution is -2.02. The van der Waals surface area contributed by atoms with Crippen LogP contribution in [0, 0.1) is 12.7 Å². The van der Waals surface area contributed by atoms with Gasteiger partial charge in [-0.1, -0.05) is 6.07 Å². The molecule has 2 aromatic carbocycles. The summed E-state index contributed by atoms with van der Waals surface area (Å²) in [6.45, 7) is 2.42. The Morgan fingerprint density at radius 1 is 1.20 bits per heavy atom. The summed E-state index contributed by atoms with van der Waals surface area (Å²) < 4.78 is 23.7. The number of hydrogen-bond donors (Lipinski definition) is 2. The molecular formula is C15H14FNO3. The second kappa shape index (κ2) is 4.92. The van der Waals surface area contributed by atoms with Crippen LogP contribution in [-0.2, 0) is 6.54 Å². The van der Waals surface area contributed by atoms with Crippen LogP contribution >= 0.6 is 0 Å². The summed E-state index contributed by atoms with van der Waals surface area (Å²) in [6, 6.07) is 7.80. The lowest BCUT2D eigenvalue weighted by atomic mass is 10.1. The lowest BCUT2D eigenvalue weighted by molar-refractivity contribution is 0.174. The zero-order chi connectivity index (χ0) is 14.1. The first-order chi connectivity index (χ1) is 9.63. The minimum Gasteiger partial charge on any atom is -0.507 e. The smallest absolute Gasteiger partial charge is 0.231 e. The monoisotopic (exact) mass is 275 g/mol. The first-order valence-electron chi connectivity index (χ1n) is 6.25. The molecule has 2 aromatic rings. The highest BCUT2D eigenvalue weighted by Crippen LogP contribution is 2.37. The number of aromatic hydroxyl groups is 1. The van der Waals surface area contributed by atoms with Crippen molar-refractivity contribution in [1.29, 1.82) is 0 Å². The Kier molecular flexibility index (Phi) is 3.10. The van der Waals surface area contributed by atoms with E-state index in [1.54, 1.807) is 12.1 Å². The van der Waals surface area contributed by atoms with Crippen LogP contribution in [0.5, 0.6) is 17.2 Å². The highest BCUT2D eigenvalue weighted by atomic mass is 19.1. The van der Waals surface area contributed by atoms with Crippen LogP contribution in [0.1, 0.15) is 11.1 Å². The molecule has 4 nitrogen and oxygen atoms in total. The van der Waals surface area contributed by atoms with E-state index < -0.39 is 0 Å². The van der Waals surface area contributed by atoms with Crippen LogP contribution < -0.4 is 14.8 Å². The molecule has 0 atom stereocenters. The molecule has 104 valence electrons. The van der Waals surface area contributed by atoms with Crippen LogP contribution in [0.2, 0.25) is 0 Å². The topological polar surface area (TPSA) is 50.7 Å². The molecule has 0 saturated carbocycles. The van der Waals surface area contributed by atoms with E-state index in [2.05, 4.69) is 5.32 Å². The molecule has 0 aliphatic carbocycles. The minimum absolute atomic E-state index is 0.121. The van der Waals surface area contributed by atoms with Crippen LogP contribution in [0.3, 0.4) is 0 Å². The predicted octanol–water partition coefficient (Wildman–Crippen LogP) is 3.18. The average Bonchev–Trinajstić information content (AvgIpc) is 2.86. The number of fused-ring (bicyclic) bond motifs is 1. The van der Waals surface area contributed by atoms with Crippen molar-refractivity contribution in [2.75, 3.05) is 12.1 Å². The Morgan fingerprint density at radius 3 is 2.75 bits per heavy atom. The summed E-state index contributed by atoms with van der Waals surface area (Å²) in [6.07, 6.45) is 0. The fourth-order valence-electron chi connectivity index (χ4n) is 2.09. The fourth-order valence-corrected chi connectivity index (χ4v) is 2.09. The van der Waals surface area contributed by atoms with E-state index in [1.165, 1.54) is 18.2 Å². The van der Waals surface area contributed by atoms with Crippen molar-refractivity contribution in [2.24, 2.45) is 0 Å². The minimum atomic E-state index is -0.298. The standard InChI is InChI=1S/C15H14FNO3/c1-9-2-3-11(16)5-12(9)17-7-10-4-14-15(6-13(10)18)20-8-19-14/h2-6,17-18H,7-8H2,1H3. The van der Waals surface area contributed by atoms with E-state index in [0.717, 1.165) is 5.56 Å². The van der Waals surface area contributed by atoms with Crippen LogP contribution in [0.4, 0.5) is 10.1 Å². The van der Waals surface area contributed by atoms with Crippen LogP contribution in [0.15, 0.2) is 30.3 Å². The maximum Gasteiger partial charge on any atom is 0.231 e. The number of benzene rings is 2. The summed E-state index contributed by atoms with van der Waals surface area (Å²) in [4.78, 5) is 0. The summed E-state index contributed by atoms with van der Waals surface area (Å²) in [5.41, 5.74) is 2.30. The highest BCUT2D eigenvalue weighted by Gasteiger charge is 2.16. The Morgan fingerprint density at radius 2 is 1.95 bits per heavy atom. The van der Waals surface area contributed by atoms with Gasteiger partial charge in [-0.3, -0.25) is 0 Å². The second-order valence-electron chi connectivity index (χ2n) is 4.65. The molecule has 0 aromatic heterocycles. The van der Waals surface area contributed by atoms with Crippen molar-refractivity contribution in [1.82, 2.24) is 0 Å². The molecule has 3 rings (SSSR count). The average molecular weight is 275 g/mol. The molecule has 0 unspecified atom stereocenters. The van der Waals surface area contributed by atoms with Crippen molar-refractivity contribution in [3.63, 3.8) is 0 Å². The van der Waals surface area contributed by atoms with Gasteiger partial charge in [0, 0.05) is 23.9 Å². The molecule has 5 heteroatoms. The van der Waals surface area contributed by atoms with Gasteiger partial charge in [-0.25, -0.2) is 4.39 Å². The van der Waals surface area contributed by atoms with Gasteiger partial charge in [0.1, 0.15) is 11.6 Å². The maximum absolute atomic E-state index is 13.2. The molecule has 0 bridgehead atoms. The van der Waals surface area contributed by atoms with E-state index in [9.17, 15) is 9.50 Å². The summed E-state index contributed by atoms with van der Waals surface area (Å²) in [5.74, 6) is 0.965. The fraction of sp³-hybridized carbons (Fsp3) is 0.200. The van der Waals surface area contributed by atoms with Gasteiger partial charge < -0.3 is 19.9 Å². The number of hydrogen-bond acceptors (Lipinski definition) is 4. The molecule has 0 amide bonds. The van der Waals surface area contributed by atoms with Gasteiger partial charge in [0.05, 0.1) is 0 Å². The quantitative estimate of drug-likeness (QED) is 0.903. The Hall–Kier alpha value is -2.43. The van der Waals surface area contributed by atoms with Crippen molar-refractivity contribution >= 4 is 5.69 Å². The summed E-state index contributed by atoms with van der Waals surface area (Å²) in [5, 5.41) is 13.0.